The van der Waals surface area contributed by atoms with Gasteiger partial charge in [0.05, 0.1) is 6.04 Å². The Balaban J connectivity index is 2.31. The van der Waals surface area contributed by atoms with E-state index in [-0.39, 0.29) is 11.8 Å². The van der Waals surface area contributed by atoms with Crippen molar-refractivity contribution in [3.63, 3.8) is 0 Å². The highest BCUT2D eigenvalue weighted by Crippen LogP contribution is 1.94. The Kier molecular flexibility index (Phi) is 2.08. The minimum atomic E-state index is 0.0544. The zero-order valence-electron chi connectivity index (χ0n) is 5.35. The maximum Gasteiger partial charge on any atom is 0.103 e. The lowest BCUT2D eigenvalue weighted by molar-refractivity contribution is 0.317. The minimum Gasteiger partial charge on any atom is -0.511 e. The summed E-state index contributed by atoms with van der Waals surface area (Å²) in [6.07, 6.45) is 0. The summed E-state index contributed by atoms with van der Waals surface area (Å²) in [5.41, 5.74) is 0. The number of piperazine rings is 1. The van der Waals surface area contributed by atoms with E-state index in [0.717, 1.165) is 19.6 Å². The normalized spacial score (nSPS) is 27.8. The number of aliphatic hydroxyl groups excluding tert-OH is 1. The molecule has 9 heavy (non-hydrogen) atoms. The second-order valence-electron chi connectivity index (χ2n) is 2.20. The van der Waals surface area contributed by atoms with E-state index in [2.05, 4.69) is 17.2 Å². The molecule has 0 aromatic heterocycles. The zero-order valence-corrected chi connectivity index (χ0v) is 5.35. The van der Waals surface area contributed by atoms with Crippen LogP contribution in [0.4, 0.5) is 0 Å². The first-order valence-electron chi connectivity index (χ1n) is 3.12. The smallest absolute Gasteiger partial charge is 0.103 e. The molecule has 1 aliphatic heterocycles. The van der Waals surface area contributed by atoms with Crippen molar-refractivity contribution >= 4 is 0 Å². The van der Waals surface area contributed by atoms with Gasteiger partial charge in [0.25, 0.3) is 0 Å². The molecule has 0 amide bonds. The lowest BCUT2D eigenvalue weighted by atomic mass is 10.2. The summed E-state index contributed by atoms with van der Waals surface area (Å²) in [6, 6.07) is 0.0544. The van der Waals surface area contributed by atoms with E-state index in [1.807, 2.05) is 0 Å². The maximum atomic E-state index is 8.88. The Morgan fingerprint density at radius 2 is 2.33 bits per heavy atom. The molecule has 1 saturated heterocycles. The van der Waals surface area contributed by atoms with Crippen molar-refractivity contribution in [2.24, 2.45) is 0 Å². The van der Waals surface area contributed by atoms with Gasteiger partial charge in [-0.15, -0.1) is 0 Å². The Labute approximate surface area is 54.8 Å². The summed E-state index contributed by atoms with van der Waals surface area (Å²) in [5, 5.41) is 15.1. The SMILES string of the molecule is C=C(O)C1CNCCN1. The molecule has 3 N–H and O–H groups in total. The van der Waals surface area contributed by atoms with E-state index in [1.165, 1.54) is 0 Å². The summed E-state index contributed by atoms with van der Waals surface area (Å²) < 4.78 is 0. The maximum absolute atomic E-state index is 8.88. The van der Waals surface area contributed by atoms with Gasteiger partial charge >= 0.3 is 0 Å². The molecule has 1 heterocycles. The van der Waals surface area contributed by atoms with Gasteiger partial charge in [0, 0.05) is 19.6 Å². The fourth-order valence-corrected chi connectivity index (χ4v) is 0.889. The highest BCUT2D eigenvalue weighted by atomic mass is 16.3. The largest absolute Gasteiger partial charge is 0.511 e. The molecule has 3 nitrogen and oxygen atoms in total. The number of nitrogens with one attached hydrogen (secondary N) is 2. The number of rotatable bonds is 1. The summed E-state index contributed by atoms with van der Waals surface area (Å²) in [4.78, 5) is 0. The van der Waals surface area contributed by atoms with Crippen molar-refractivity contribution < 1.29 is 5.11 Å². The second kappa shape index (κ2) is 2.85. The van der Waals surface area contributed by atoms with Gasteiger partial charge in [-0.2, -0.15) is 0 Å². The molecule has 0 bridgehead atoms. The molecule has 0 spiro atoms. The summed E-state index contributed by atoms with van der Waals surface area (Å²) in [7, 11) is 0. The predicted octanol–water partition coefficient (Wildman–Crippen LogP) is -0.381. The van der Waals surface area contributed by atoms with Crippen molar-refractivity contribution in [2.75, 3.05) is 19.6 Å². The van der Waals surface area contributed by atoms with Gasteiger partial charge in [0.15, 0.2) is 0 Å². The van der Waals surface area contributed by atoms with Crippen LogP contribution in [0.25, 0.3) is 0 Å². The predicted molar refractivity (Wildman–Crippen MR) is 36.4 cm³/mol. The molecule has 1 aliphatic rings. The molecule has 0 aromatic carbocycles. The van der Waals surface area contributed by atoms with Crippen LogP contribution in [0.5, 0.6) is 0 Å². The molecule has 0 aromatic rings. The van der Waals surface area contributed by atoms with Crippen molar-refractivity contribution in [1.82, 2.24) is 10.6 Å². The Bertz CT molecular complexity index is 108. The first-order chi connectivity index (χ1) is 4.30. The molecular weight excluding hydrogens is 116 g/mol. The van der Waals surface area contributed by atoms with Crippen molar-refractivity contribution in [2.45, 2.75) is 6.04 Å². The van der Waals surface area contributed by atoms with E-state index in [9.17, 15) is 0 Å². The number of hydrogen-bond donors (Lipinski definition) is 3. The van der Waals surface area contributed by atoms with Crippen LogP contribution in [-0.2, 0) is 0 Å². The Hall–Kier alpha value is -0.540. The molecule has 1 unspecified atom stereocenters. The van der Waals surface area contributed by atoms with Gasteiger partial charge in [-0.05, 0) is 0 Å². The molecule has 3 heteroatoms. The van der Waals surface area contributed by atoms with Gasteiger partial charge in [-0.3, -0.25) is 0 Å². The van der Waals surface area contributed by atoms with Crippen molar-refractivity contribution in [3.05, 3.63) is 12.3 Å². The first kappa shape index (κ1) is 6.58. The van der Waals surface area contributed by atoms with E-state index < -0.39 is 0 Å². The average Bonchev–Trinajstić information content (AvgIpc) is 1.90. The van der Waals surface area contributed by atoms with Gasteiger partial charge in [0.1, 0.15) is 5.76 Å². The molecule has 1 rings (SSSR count). The first-order valence-corrected chi connectivity index (χ1v) is 3.12. The standard InChI is InChI=1S/C6H12N2O/c1-5(9)6-4-7-2-3-8-6/h6-9H,1-4H2. The monoisotopic (exact) mass is 128 g/mol. The van der Waals surface area contributed by atoms with Crippen LogP contribution in [-0.4, -0.2) is 30.8 Å². The average molecular weight is 128 g/mol. The van der Waals surface area contributed by atoms with Gasteiger partial charge in [-0.1, -0.05) is 6.58 Å². The molecule has 0 saturated carbocycles. The van der Waals surface area contributed by atoms with Crippen LogP contribution in [0, 0.1) is 0 Å². The van der Waals surface area contributed by atoms with Crippen LogP contribution in [0.15, 0.2) is 12.3 Å². The molecule has 0 radical (unpaired) electrons. The van der Waals surface area contributed by atoms with Crippen LogP contribution in [0.3, 0.4) is 0 Å². The van der Waals surface area contributed by atoms with Crippen LogP contribution in [0.1, 0.15) is 0 Å². The van der Waals surface area contributed by atoms with E-state index in [4.69, 9.17) is 5.11 Å². The summed E-state index contributed by atoms with van der Waals surface area (Å²) >= 11 is 0. The van der Waals surface area contributed by atoms with Gasteiger partial charge in [-0.25, -0.2) is 0 Å². The van der Waals surface area contributed by atoms with Crippen LogP contribution >= 0.6 is 0 Å². The summed E-state index contributed by atoms with van der Waals surface area (Å²) in [5.74, 6) is 0.224. The highest BCUT2D eigenvalue weighted by molar-refractivity contribution is 4.97. The van der Waals surface area contributed by atoms with Crippen molar-refractivity contribution in [3.8, 4) is 0 Å². The van der Waals surface area contributed by atoms with E-state index in [0.29, 0.717) is 0 Å². The van der Waals surface area contributed by atoms with Crippen LogP contribution < -0.4 is 10.6 Å². The summed E-state index contributed by atoms with van der Waals surface area (Å²) in [6.45, 7) is 6.10. The molecule has 52 valence electrons. The Morgan fingerprint density at radius 3 is 2.67 bits per heavy atom. The van der Waals surface area contributed by atoms with Crippen LogP contribution in [0.2, 0.25) is 0 Å². The third-order valence-corrected chi connectivity index (χ3v) is 1.44. The number of hydrogen-bond acceptors (Lipinski definition) is 3. The van der Waals surface area contributed by atoms with Gasteiger partial charge in [0.2, 0.25) is 0 Å². The molecule has 1 atom stereocenters. The lowest BCUT2D eigenvalue weighted by Crippen LogP contribution is -2.48. The fraction of sp³-hybridized carbons (Fsp3) is 0.667. The molecule has 1 fully saturated rings. The Morgan fingerprint density at radius 1 is 1.56 bits per heavy atom. The quantitative estimate of drug-likeness (QED) is 0.422. The van der Waals surface area contributed by atoms with Crippen molar-refractivity contribution in [1.29, 1.82) is 0 Å². The van der Waals surface area contributed by atoms with E-state index >= 15 is 0 Å². The zero-order chi connectivity index (χ0) is 6.69. The fourth-order valence-electron chi connectivity index (χ4n) is 0.889. The molecule has 0 aliphatic carbocycles. The third kappa shape index (κ3) is 1.69. The molecular formula is C6H12N2O. The van der Waals surface area contributed by atoms with E-state index in [1.54, 1.807) is 0 Å². The minimum absolute atomic E-state index is 0.0544. The topological polar surface area (TPSA) is 44.3 Å². The highest BCUT2D eigenvalue weighted by Gasteiger charge is 2.13. The lowest BCUT2D eigenvalue weighted by Gasteiger charge is -2.22. The van der Waals surface area contributed by atoms with Gasteiger partial charge < -0.3 is 15.7 Å². The third-order valence-electron chi connectivity index (χ3n) is 1.44. The second-order valence-corrected chi connectivity index (χ2v) is 2.20. The number of aliphatic hydroxyl groups is 1.